The first-order valence-electron chi connectivity index (χ1n) is 6.08. The van der Waals surface area contributed by atoms with Crippen LogP contribution in [0.1, 0.15) is 33.3 Å². The SMILES string of the molecule is CC(=O)NCC#Cc1csc(NC(=O)OC(C)(C)C)c1. The number of hydrogen-bond donors (Lipinski definition) is 2. The summed E-state index contributed by atoms with van der Waals surface area (Å²) in [7, 11) is 0. The number of amides is 2. The molecule has 0 atom stereocenters. The van der Waals surface area contributed by atoms with Crippen LogP contribution in [0.2, 0.25) is 0 Å². The minimum absolute atomic E-state index is 0.114. The van der Waals surface area contributed by atoms with Crippen LogP contribution in [0.15, 0.2) is 11.4 Å². The molecule has 108 valence electrons. The minimum Gasteiger partial charge on any atom is -0.444 e. The average Bonchev–Trinajstić information content (AvgIpc) is 2.69. The van der Waals surface area contributed by atoms with Crippen LogP contribution in [-0.4, -0.2) is 24.1 Å². The van der Waals surface area contributed by atoms with E-state index in [9.17, 15) is 9.59 Å². The Hall–Kier alpha value is -2.00. The number of carbonyl (C=O) groups excluding carboxylic acids is 2. The van der Waals surface area contributed by atoms with E-state index in [0.29, 0.717) is 11.5 Å². The molecule has 0 radical (unpaired) electrons. The van der Waals surface area contributed by atoms with Crippen molar-refractivity contribution >= 4 is 28.3 Å². The van der Waals surface area contributed by atoms with Crippen LogP contribution in [0.5, 0.6) is 0 Å². The number of carbonyl (C=O) groups is 2. The molecular formula is C14H18N2O3S. The summed E-state index contributed by atoms with van der Waals surface area (Å²) in [6.45, 7) is 7.16. The van der Waals surface area contributed by atoms with E-state index in [2.05, 4.69) is 22.5 Å². The molecule has 1 aromatic rings. The standard InChI is InChI=1S/C14H18N2O3S/c1-10(17)15-7-5-6-11-8-12(20-9-11)16-13(18)19-14(2,3)4/h8-9H,7H2,1-4H3,(H,15,17)(H,16,18). The van der Waals surface area contributed by atoms with Crippen molar-refractivity contribution in [3.05, 3.63) is 17.0 Å². The van der Waals surface area contributed by atoms with E-state index in [4.69, 9.17) is 4.74 Å². The lowest BCUT2D eigenvalue weighted by atomic mass is 10.2. The molecule has 6 heteroatoms. The summed E-state index contributed by atoms with van der Waals surface area (Å²) < 4.78 is 5.15. The Bertz CT molecular complexity index is 547. The minimum atomic E-state index is -0.525. The fourth-order valence-electron chi connectivity index (χ4n) is 1.19. The summed E-state index contributed by atoms with van der Waals surface area (Å²) in [5, 5.41) is 7.73. The zero-order chi connectivity index (χ0) is 15.2. The van der Waals surface area contributed by atoms with Gasteiger partial charge in [-0.1, -0.05) is 11.8 Å². The van der Waals surface area contributed by atoms with E-state index in [-0.39, 0.29) is 5.91 Å². The molecular weight excluding hydrogens is 276 g/mol. The number of hydrogen-bond acceptors (Lipinski definition) is 4. The van der Waals surface area contributed by atoms with Gasteiger partial charge in [-0.05, 0) is 26.8 Å². The number of ether oxygens (including phenoxy) is 1. The highest BCUT2D eigenvalue weighted by Gasteiger charge is 2.16. The zero-order valence-electron chi connectivity index (χ0n) is 12.0. The van der Waals surface area contributed by atoms with Gasteiger partial charge in [-0.2, -0.15) is 0 Å². The Balaban J connectivity index is 2.51. The number of rotatable bonds is 2. The van der Waals surface area contributed by atoms with Gasteiger partial charge in [0.05, 0.1) is 11.5 Å². The van der Waals surface area contributed by atoms with E-state index in [1.807, 2.05) is 5.38 Å². The second-order valence-corrected chi connectivity index (χ2v) is 5.95. The molecule has 0 saturated heterocycles. The van der Waals surface area contributed by atoms with Crippen LogP contribution in [0.25, 0.3) is 0 Å². The van der Waals surface area contributed by atoms with Gasteiger partial charge in [0.1, 0.15) is 5.60 Å². The molecule has 1 aromatic heterocycles. The van der Waals surface area contributed by atoms with Gasteiger partial charge >= 0.3 is 6.09 Å². The monoisotopic (exact) mass is 294 g/mol. The largest absolute Gasteiger partial charge is 0.444 e. The van der Waals surface area contributed by atoms with E-state index < -0.39 is 11.7 Å². The van der Waals surface area contributed by atoms with Gasteiger partial charge in [0.15, 0.2) is 0 Å². The first-order valence-corrected chi connectivity index (χ1v) is 6.96. The molecule has 0 aromatic carbocycles. The molecule has 0 aliphatic heterocycles. The molecule has 1 rings (SSSR count). The Morgan fingerprint density at radius 2 is 2.10 bits per heavy atom. The molecule has 20 heavy (non-hydrogen) atoms. The van der Waals surface area contributed by atoms with Gasteiger partial charge < -0.3 is 10.1 Å². The van der Waals surface area contributed by atoms with Crippen LogP contribution < -0.4 is 10.6 Å². The summed E-state index contributed by atoms with van der Waals surface area (Å²) >= 11 is 1.37. The van der Waals surface area contributed by atoms with Crippen molar-refractivity contribution in [1.29, 1.82) is 0 Å². The van der Waals surface area contributed by atoms with Crippen LogP contribution in [0, 0.1) is 11.8 Å². The van der Waals surface area contributed by atoms with Crippen LogP contribution in [-0.2, 0) is 9.53 Å². The third-order valence-electron chi connectivity index (χ3n) is 1.88. The lowest BCUT2D eigenvalue weighted by molar-refractivity contribution is -0.118. The topological polar surface area (TPSA) is 67.4 Å². The van der Waals surface area contributed by atoms with E-state index >= 15 is 0 Å². The second-order valence-electron chi connectivity index (χ2n) is 5.04. The third-order valence-corrected chi connectivity index (χ3v) is 2.73. The number of nitrogens with one attached hydrogen (secondary N) is 2. The summed E-state index contributed by atoms with van der Waals surface area (Å²) in [5.74, 6) is 5.60. The number of thiophene rings is 1. The Kier molecular flexibility index (Phi) is 5.59. The van der Waals surface area contributed by atoms with Crippen molar-refractivity contribution in [3.8, 4) is 11.8 Å². The van der Waals surface area contributed by atoms with Gasteiger partial charge in [0, 0.05) is 17.9 Å². The van der Waals surface area contributed by atoms with Crippen molar-refractivity contribution in [2.45, 2.75) is 33.3 Å². The summed E-state index contributed by atoms with van der Waals surface area (Å²) in [5.41, 5.74) is 0.258. The fraction of sp³-hybridized carbons (Fsp3) is 0.429. The molecule has 0 unspecified atom stereocenters. The predicted octanol–water partition coefficient (Wildman–Crippen LogP) is 2.58. The van der Waals surface area contributed by atoms with Crippen LogP contribution in [0.3, 0.4) is 0 Å². The maximum absolute atomic E-state index is 11.6. The highest BCUT2D eigenvalue weighted by molar-refractivity contribution is 7.14. The van der Waals surface area contributed by atoms with Gasteiger partial charge in [0.25, 0.3) is 0 Å². The fourth-order valence-corrected chi connectivity index (χ4v) is 1.90. The van der Waals surface area contributed by atoms with Crippen LogP contribution >= 0.6 is 11.3 Å². The van der Waals surface area contributed by atoms with Crippen molar-refractivity contribution in [2.24, 2.45) is 0 Å². The molecule has 5 nitrogen and oxygen atoms in total. The summed E-state index contributed by atoms with van der Waals surface area (Å²) in [6.07, 6.45) is -0.489. The van der Waals surface area contributed by atoms with Crippen molar-refractivity contribution in [1.82, 2.24) is 5.32 Å². The highest BCUT2D eigenvalue weighted by atomic mass is 32.1. The first kappa shape index (κ1) is 16.1. The predicted molar refractivity (Wildman–Crippen MR) is 79.7 cm³/mol. The molecule has 0 aliphatic rings. The Labute approximate surface area is 122 Å². The summed E-state index contributed by atoms with van der Waals surface area (Å²) in [6, 6.07) is 1.76. The van der Waals surface area contributed by atoms with E-state index in [1.165, 1.54) is 18.3 Å². The van der Waals surface area contributed by atoms with Crippen molar-refractivity contribution < 1.29 is 14.3 Å². The molecule has 0 bridgehead atoms. The first-order chi connectivity index (χ1) is 9.26. The lowest BCUT2D eigenvalue weighted by Crippen LogP contribution is -2.26. The second kappa shape index (κ2) is 6.96. The Morgan fingerprint density at radius 3 is 2.70 bits per heavy atom. The third kappa shape index (κ3) is 6.81. The molecule has 2 amide bonds. The summed E-state index contributed by atoms with van der Waals surface area (Å²) in [4.78, 5) is 22.2. The zero-order valence-corrected chi connectivity index (χ0v) is 12.8. The van der Waals surface area contributed by atoms with Crippen LogP contribution in [0.4, 0.5) is 9.80 Å². The van der Waals surface area contributed by atoms with Gasteiger partial charge in [-0.15, -0.1) is 11.3 Å². The molecule has 0 aliphatic carbocycles. The van der Waals surface area contributed by atoms with Crippen molar-refractivity contribution in [2.75, 3.05) is 11.9 Å². The molecule has 0 saturated carbocycles. The molecule has 2 N–H and O–H groups in total. The van der Waals surface area contributed by atoms with E-state index in [1.54, 1.807) is 26.8 Å². The van der Waals surface area contributed by atoms with Crippen molar-refractivity contribution in [3.63, 3.8) is 0 Å². The normalized spacial score (nSPS) is 10.2. The van der Waals surface area contributed by atoms with Gasteiger partial charge in [-0.25, -0.2) is 4.79 Å². The maximum Gasteiger partial charge on any atom is 0.412 e. The highest BCUT2D eigenvalue weighted by Crippen LogP contribution is 2.20. The van der Waals surface area contributed by atoms with Gasteiger partial charge in [-0.3, -0.25) is 10.1 Å². The molecule has 0 fully saturated rings. The quantitative estimate of drug-likeness (QED) is 0.824. The smallest absolute Gasteiger partial charge is 0.412 e. The molecule has 0 spiro atoms. The number of anilines is 1. The average molecular weight is 294 g/mol. The Morgan fingerprint density at radius 1 is 1.40 bits per heavy atom. The van der Waals surface area contributed by atoms with E-state index in [0.717, 1.165) is 5.56 Å². The molecule has 1 heterocycles. The lowest BCUT2D eigenvalue weighted by Gasteiger charge is -2.19. The van der Waals surface area contributed by atoms with Gasteiger partial charge in [0.2, 0.25) is 5.91 Å². The maximum atomic E-state index is 11.6.